The molecule has 0 aliphatic rings. The topological polar surface area (TPSA) is 109 Å². The maximum atomic E-state index is 12.7. The van der Waals surface area contributed by atoms with Crippen LogP contribution in [0.15, 0.2) is 46.9 Å². The Labute approximate surface area is 213 Å². The molecule has 2 aromatic carbocycles. The van der Waals surface area contributed by atoms with E-state index < -0.39 is 11.8 Å². The molecule has 0 atom stereocenters. The summed E-state index contributed by atoms with van der Waals surface area (Å²) in [4.78, 5) is 36.9. The molecule has 2 aromatic rings. The van der Waals surface area contributed by atoms with Crippen LogP contribution in [-0.4, -0.2) is 29.4 Å². The van der Waals surface area contributed by atoms with Gasteiger partial charge >= 0.3 is 0 Å². The van der Waals surface area contributed by atoms with Crippen molar-refractivity contribution in [3.05, 3.63) is 58.1 Å². The van der Waals surface area contributed by atoms with Crippen molar-refractivity contribution in [3.63, 3.8) is 0 Å². The van der Waals surface area contributed by atoms with E-state index in [1.807, 2.05) is 13.8 Å². The zero-order valence-corrected chi connectivity index (χ0v) is 21.8. The molecule has 4 N–H and O–H groups in total. The number of ether oxygens (including phenoxy) is 1. The molecule has 0 radical (unpaired) electrons. The summed E-state index contributed by atoms with van der Waals surface area (Å²) in [5.74, 6) is -0.311. The van der Waals surface area contributed by atoms with E-state index in [2.05, 4.69) is 44.3 Å². The lowest BCUT2D eigenvalue weighted by Crippen LogP contribution is -2.48. The summed E-state index contributed by atoms with van der Waals surface area (Å²) < 4.78 is 6.42. The number of halogens is 1. The van der Waals surface area contributed by atoms with Gasteiger partial charge in [-0.1, -0.05) is 43.1 Å². The van der Waals surface area contributed by atoms with Crippen LogP contribution in [-0.2, 0) is 4.79 Å². The lowest BCUT2D eigenvalue weighted by Gasteiger charge is -2.14. The number of carbonyl (C=O) groups is 3. The molecule has 0 heterocycles. The van der Waals surface area contributed by atoms with Gasteiger partial charge in [0.25, 0.3) is 11.8 Å². The third-order valence-corrected chi connectivity index (χ3v) is 5.18. The molecule has 8 nitrogen and oxygen atoms in total. The molecule has 0 aliphatic heterocycles. The molecule has 0 spiro atoms. The molecule has 10 heteroatoms. The summed E-state index contributed by atoms with van der Waals surface area (Å²) in [6, 6.07) is 11.6. The lowest BCUT2D eigenvalue weighted by atomic mass is 10.1. The highest BCUT2D eigenvalue weighted by Crippen LogP contribution is 2.23. The number of amides is 3. The highest BCUT2D eigenvalue weighted by atomic mass is 79.9. The van der Waals surface area contributed by atoms with Gasteiger partial charge in [0.2, 0.25) is 5.91 Å². The number of hydrogen-bond donors (Lipinski definition) is 4. The molecule has 3 amide bonds. The number of hydrazine groups is 1. The summed E-state index contributed by atoms with van der Waals surface area (Å²) in [5.41, 5.74) is 6.22. The minimum atomic E-state index is -0.471. The van der Waals surface area contributed by atoms with Crippen molar-refractivity contribution in [2.45, 2.75) is 40.0 Å². The van der Waals surface area contributed by atoms with Gasteiger partial charge in [0.05, 0.1) is 12.2 Å². The number of benzene rings is 2. The largest absolute Gasteiger partial charge is 0.493 e. The van der Waals surface area contributed by atoms with E-state index in [0.717, 1.165) is 17.3 Å². The minimum absolute atomic E-state index is 0.0737. The molecular weight excluding hydrogens is 520 g/mol. The van der Waals surface area contributed by atoms with E-state index in [0.29, 0.717) is 35.6 Å². The quantitative estimate of drug-likeness (QED) is 0.208. The number of thiocarbonyl (C=S) groups is 1. The standard InChI is InChI=1S/C24H29BrN4O4S/c1-4-5-12-33-20-11-8-17(25)14-19(20)23(32)27-24(34)29-28-22(31)16-6-9-18(10-7-16)26-21(30)13-15(2)3/h6-11,14-15H,4-5,12-13H2,1-3H3,(H,26,30)(H,28,31)(H2,27,29,32,34). The SMILES string of the molecule is CCCCOc1ccc(Br)cc1C(=O)NC(=S)NNC(=O)c1ccc(NC(=O)CC(C)C)cc1. The normalized spacial score (nSPS) is 10.4. The van der Waals surface area contributed by atoms with Crippen LogP contribution in [0.4, 0.5) is 5.69 Å². The van der Waals surface area contributed by atoms with Gasteiger partial charge in [-0.05, 0) is 67.0 Å². The Hall–Kier alpha value is -2.98. The number of carbonyl (C=O) groups excluding carboxylic acids is 3. The molecule has 0 aromatic heterocycles. The Morgan fingerprint density at radius 3 is 2.38 bits per heavy atom. The Bertz CT molecular complexity index is 1030. The fraction of sp³-hybridized carbons (Fsp3) is 0.333. The van der Waals surface area contributed by atoms with Crippen molar-refractivity contribution >= 4 is 56.7 Å². The molecule has 0 saturated heterocycles. The van der Waals surface area contributed by atoms with Gasteiger partial charge in [0.1, 0.15) is 5.75 Å². The van der Waals surface area contributed by atoms with Gasteiger partial charge < -0.3 is 10.1 Å². The van der Waals surface area contributed by atoms with Crippen LogP contribution in [0.3, 0.4) is 0 Å². The highest BCUT2D eigenvalue weighted by Gasteiger charge is 2.15. The molecule has 0 unspecified atom stereocenters. The van der Waals surface area contributed by atoms with Crippen molar-refractivity contribution in [2.75, 3.05) is 11.9 Å². The van der Waals surface area contributed by atoms with E-state index in [9.17, 15) is 14.4 Å². The average molecular weight is 549 g/mol. The summed E-state index contributed by atoms with van der Waals surface area (Å²) >= 11 is 8.48. The second-order valence-electron chi connectivity index (χ2n) is 7.93. The van der Waals surface area contributed by atoms with Gasteiger partial charge in [0.15, 0.2) is 5.11 Å². The number of unbranched alkanes of at least 4 members (excludes halogenated alkanes) is 1. The summed E-state index contributed by atoms with van der Waals surface area (Å²) in [6.07, 6.45) is 2.26. The zero-order valence-electron chi connectivity index (χ0n) is 19.4. The van der Waals surface area contributed by atoms with Gasteiger partial charge in [-0.25, -0.2) is 0 Å². The molecule has 34 heavy (non-hydrogen) atoms. The van der Waals surface area contributed by atoms with Gasteiger partial charge in [-0.15, -0.1) is 0 Å². The molecule has 2 rings (SSSR count). The van der Waals surface area contributed by atoms with Crippen LogP contribution in [0.5, 0.6) is 5.75 Å². The molecule has 182 valence electrons. The second-order valence-corrected chi connectivity index (χ2v) is 9.25. The van der Waals surface area contributed by atoms with E-state index in [1.165, 1.54) is 0 Å². The third-order valence-electron chi connectivity index (χ3n) is 4.48. The van der Waals surface area contributed by atoms with Crippen LogP contribution >= 0.6 is 28.1 Å². The van der Waals surface area contributed by atoms with E-state index in [4.69, 9.17) is 17.0 Å². The molecule has 0 bridgehead atoms. The van der Waals surface area contributed by atoms with Crippen LogP contribution in [0, 0.1) is 5.92 Å². The predicted octanol–water partition coefficient (Wildman–Crippen LogP) is 4.56. The average Bonchev–Trinajstić information content (AvgIpc) is 2.78. The maximum Gasteiger partial charge on any atom is 0.269 e. The number of hydrogen-bond acceptors (Lipinski definition) is 5. The van der Waals surface area contributed by atoms with Crippen molar-refractivity contribution < 1.29 is 19.1 Å². The van der Waals surface area contributed by atoms with E-state index >= 15 is 0 Å². The van der Waals surface area contributed by atoms with Crippen LogP contribution in [0.2, 0.25) is 0 Å². The monoisotopic (exact) mass is 548 g/mol. The molecule has 0 fully saturated rings. The van der Waals surface area contributed by atoms with Crippen LogP contribution in [0.1, 0.15) is 60.7 Å². The first-order valence-electron chi connectivity index (χ1n) is 10.9. The van der Waals surface area contributed by atoms with Crippen molar-refractivity contribution in [1.29, 1.82) is 0 Å². The van der Waals surface area contributed by atoms with Gasteiger partial charge in [0, 0.05) is 22.1 Å². The maximum absolute atomic E-state index is 12.7. The predicted molar refractivity (Wildman–Crippen MR) is 140 cm³/mol. The third kappa shape index (κ3) is 9.11. The van der Waals surface area contributed by atoms with Gasteiger partial charge in [-0.3, -0.25) is 30.6 Å². The first-order valence-corrected chi connectivity index (χ1v) is 12.1. The summed E-state index contributed by atoms with van der Waals surface area (Å²) in [6.45, 7) is 6.48. The van der Waals surface area contributed by atoms with Crippen molar-refractivity contribution in [2.24, 2.45) is 5.92 Å². The number of rotatable bonds is 9. The minimum Gasteiger partial charge on any atom is -0.493 e. The summed E-state index contributed by atoms with van der Waals surface area (Å²) in [5, 5.41) is 5.23. The van der Waals surface area contributed by atoms with E-state index in [-0.39, 0.29) is 16.9 Å². The Morgan fingerprint density at radius 2 is 1.74 bits per heavy atom. The van der Waals surface area contributed by atoms with Crippen LogP contribution < -0.4 is 26.2 Å². The first kappa shape index (κ1) is 27.3. The molecule has 0 saturated carbocycles. The highest BCUT2D eigenvalue weighted by molar-refractivity contribution is 9.10. The molecular formula is C24H29BrN4O4S. The van der Waals surface area contributed by atoms with Crippen molar-refractivity contribution in [1.82, 2.24) is 16.2 Å². The number of anilines is 1. The Kier molecular flexibility index (Phi) is 11.0. The fourth-order valence-electron chi connectivity index (χ4n) is 2.81. The zero-order chi connectivity index (χ0) is 25.1. The summed E-state index contributed by atoms with van der Waals surface area (Å²) in [7, 11) is 0. The van der Waals surface area contributed by atoms with Gasteiger partial charge in [-0.2, -0.15) is 0 Å². The number of nitrogens with one attached hydrogen (secondary N) is 4. The Morgan fingerprint density at radius 1 is 1.03 bits per heavy atom. The first-order chi connectivity index (χ1) is 16.2. The van der Waals surface area contributed by atoms with Crippen LogP contribution in [0.25, 0.3) is 0 Å². The second kappa shape index (κ2) is 13.7. The fourth-order valence-corrected chi connectivity index (χ4v) is 3.31. The smallest absolute Gasteiger partial charge is 0.269 e. The lowest BCUT2D eigenvalue weighted by molar-refractivity contribution is -0.116. The Balaban J connectivity index is 1.89. The van der Waals surface area contributed by atoms with Crippen molar-refractivity contribution in [3.8, 4) is 5.75 Å². The molecule has 0 aliphatic carbocycles. The van der Waals surface area contributed by atoms with E-state index in [1.54, 1.807) is 42.5 Å².